The Labute approximate surface area is 115 Å². The molecule has 1 aliphatic rings. The van der Waals surface area contributed by atoms with Crippen molar-refractivity contribution in [2.45, 2.75) is 31.1 Å². The van der Waals surface area contributed by atoms with Gasteiger partial charge in [-0.3, -0.25) is 10.1 Å². The highest BCUT2D eigenvalue weighted by Crippen LogP contribution is 2.32. The van der Waals surface area contributed by atoms with Gasteiger partial charge in [-0.05, 0) is 30.7 Å². The first-order chi connectivity index (χ1) is 8.58. The first-order valence-electron chi connectivity index (χ1n) is 5.90. The minimum absolute atomic E-state index is 0.0465. The minimum Gasteiger partial charge on any atom is -0.376 e. The molecular formula is C12H15ClN2O2S. The molecule has 4 nitrogen and oxygen atoms in total. The summed E-state index contributed by atoms with van der Waals surface area (Å²) in [4.78, 5) is 10.6. The second-order valence-electron chi connectivity index (χ2n) is 4.39. The molecule has 2 rings (SSSR count). The third kappa shape index (κ3) is 3.09. The second kappa shape index (κ2) is 5.80. The van der Waals surface area contributed by atoms with Crippen LogP contribution in [0, 0.1) is 10.1 Å². The Kier molecular flexibility index (Phi) is 4.35. The molecule has 1 aromatic rings. The zero-order valence-electron chi connectivity index (χ0n) is 10.1. The summed E-state index contributed by atoms with van der Waals surface area (Å²) < 4.78 is 0. The van der Waals surface area contributed by atoms with Crippen molar-refractivity contribution in [1.29, 1.82) is 0 Å². The summed E-state index contributed by atoms with van der Waals surface area (Å²) in [6.45, 7) is 2.16. The highest BCUT2D eigenvalue weighted by molar-refractivity contribution is 8.00. The Balaban J connectivity index is 2.20. The van der Waals surface area contributed by atoms with Crippen LogP contribution in [-0.2, 0) is 0 Å². The lowest BCUT2D eigenvalue weighted by molar-refractivity contribution is -0.384. The van der Waals surface area contributed by atoms with E-state index >= 15 is 0 Å². The fraction of sp³-hybridized carbons (Fsp3) is 0.500. The molecular weight excluding hydrogens is 272 g/mol. The highest BCUT2D eigenvalue weighted by atomic mass is 35.5. The van der Waals surface area contributed by atoms with E-state index in [9.17, 15) is 10.1 Å². The Morgan fingerprint density at radius 1 is 1.56 bits per heavy atom. The topological polar surface area (TPSA) is 55.2 Å². The lowest BCUT2D eigenvalue weighted by Crippen LogP contribution is -2.32. The van der Waals surface area contributed by atoms with Crippen LogP contribution >= 0.6 is 23.4 Å². The van der Waals surface area contributed by atoms with E-state index < -0.39 is 4.92 Å². The first kappa shape index (κ1) is 13.5. The minimum atomic E-state index is -0.394. The van der Waals surface area contributed by atoms with E-state index in [-0.39, 0.29) is 11.7 Å². The molecule has 0 saturated carbocycles. The van der Waals surface area contributed by atoms with Gasteiger partial charge in [0.15, 0.2) is 0 Å². The summed E-state index contributed by atoms with van der Waals surface area (Å²) >= 11 is 7.70. The van der Waals surface area contributed by atoms with Crippen molar-refractivity contribution in [2.24, 2.45) is 0 Å². The normalized spacial score (nSPS) is 23.7. The maximum atomic E-state index is 11.0. The summed E-state index contributed by atoms with van der Waals surface area (Å²) in [5.41, 5.74) is 0.606. The molecule has 1 heterocycles. The number of benzene rings is 1. The Hall–Kier alpha value is -0.940. The SMILES string of the molecule is CC1SCCCC1Nc1ccc(Cl)cc1[N+](=O)[O-]. The molecule has 6 heteroatoms. The van der Waals surface area contributed by atoms with E-state index in [4.69, 9.17) is 11.6 Å². The van der Waals surface area contributed by atoms with Crippen LogP contribution < -0.4 is 5.32 Å². The number of rotatable bonds is 3. The van der Waals surface area contributed by atoms with Gasteiger partial charge in [-0.2, -0.15) is 11.8 Å². The van der Waals surface area contributed by atoms with Crippen molar-refractivity contribution in [3.63, 3.8) is 0 Å². The number of hydrogen-bond acceptors (Lipinski definition) is 4. The van der Waals surface area contributed by atoms with Gasteiger partial charge < -0.3 is 5.32 Å². The molecule has 98 valence electrons. The van der Waals surface area contributed by atoms with Crippen molar-refractivity contribution >= 4 is 34.7 Å². The largest absolute Gasteiger partial charge is 0.376 e. The maximum Gasteiger partial charge on any atom is 0.293 e. The van der Waals surface area contributed by atoms with Crippen LogP contribution in [0.2, 0.25) is 5.02 Å². The third-order valence-electron chi connectivity index (χ3n) is 3.10. The summed E-state index contributed by atoms with van der Waals surface area (Å²) in [5, 5.41) is 15.1. The zero-order valence-corrected chi connectivity index (χ0v) is 11.6. The third-order valence-corrected chi connectivity index (χ3v) is 4.72. The number of nitrogens with one attached hydrogen (secondary N) is 1. The van der Waals surface area contributed by atoms with Gasteiger partial charge in [0.1, 0.15) is 5.69 Å². The molecule has 0 radical (unpaired) electrons. The molecule has 2 atom stereocenters. The van der Waals surface area contributed by atoms with Gasteiger partial charge in [-0.15, -0.1) is 0 Å². The molecule has 0 aromatic heterocycles. The van der Waals surface area contributed by atoms with E-state index in [1.54, 1.807) is 12.1 Å². The lowest BCUT2D eigenvalue weighted by atomic mass is 10.1. The fourth-order valence-electron chi connectivity index (χ4n) is 2.09. The molecule has 1 fully saturated rings. The monoisotopic (exact) mass is 286 g/mol. The average molecular weight is 287 g/mol. The van der Waals surface area contributed by atoms with Crippen LogP contribution in [0.15, 0.2) is 18.2 Å². The molecule has 0 amide bonds. The van der Waals surface area contributed by atoms with Crippen LogP contribution in [0.3, 0.4) is 0 Å². The lowest BCUT2D eigenvalue weighted by Gasteiger charge is -2.29. The number of anilines is 1. The molecule has 0 bridgehead atoms. The number of halogens is 1. The van der Waals surface area contributed by atoms with Gasteiger partial charge >= 0.3 is 0 Å². The van der Waals surface area contributed by atoms with E-state index in [0.717, 1.165) is 12.8 Å². The zero-order chi connectivity index (χ0) is 13.1. The van der Waals surface area contributed by atoms with Crippen LogP contribution in [-0.4, -0.2) is 22.0 Å². The van der Waals surface area contributed by atoms with Crippen molar-refractivity contribution in [3.05, 3.63) is 33.3 Å². The number of hydrogen-bond donors (Lipinski definition) is 1. The first-order valence-corrected chi connectivity index (χ1v) is 7.32. The number of nitrogens with zero attached hydrogens (tertiary/aromatic N) is 1. The predicted molar refractivity (Wildman–Crippen MR) is 76.7 cm³/mol. The van der Waals surface area contributed by atoms with Crippen LogP contribution in [0.1, 0.15) is 19.8 Å². The molecule has 0 aliphatic carbocycles. The molecule has 1 saturated heterocycles. The highest BCUT2D eigenvalue weighted by Gasteiger charge is 2.24. The smallest absolute Gasteiger partial charge is 0.293 e. The molecule has 1 N–H and O–H groups in total. The van der Waals surface area contributed by atoms with Crippen LogP contribution in [0.25, 0.3) is 0 Å². The van der Waals surface area contributed by atoms with Gasteiger partial charge in [0.25, 0.3) is 5.69 Å². The molecule has 18 heavy (non-hydrogen) atoms. The van der Waals surface area contributed by atoms with Crippen LogP contribution in [0.5, 0.6) is 0 Å². The summed E-state index contributed by atoms with van der Waals surface area (Å²) in [7, 11) is 0. The fourth-order valence-corrected chi connectivity index (χ4v) is 3.40. The summed E-state index contributed by atoms with van der Waals surface area (Å²) in [5.74, 6) is 1.17. The molecule has 2 unspecified atom stereocenters. The number of nitro benzene ring substituents is 1. The predicted octanol–water partition coefficient (Wildman–Crippen LogP) is 3.94. The average Bonchev–Trinajstić information content (AvgIpc) is 2.34. The Morgan fingerprint density at radius 2 is 2.33 bits per heavy atom. The summed E-state index contributed by atoms with van der Waals surface area (Å²) in [6.07, 6.45) is 2.20. The molecule has 1 aromatic carbocycles. The van der Waals surface area contributed by atoms with Gasteiger partial charge in [0, 0.05) is 22.4 Å². The molecule has 1 aliphatic heterocycles. The standard InChI is InChI=1S/C12H15ClN2O2S/c1-8-10(3-2-6-18-8)14-11-5-4-9(13)7-12(11)15(16)17/h4-5,7-8,10,14H,2-3,6H2,1H3. The van der Waals surface area contributed by atoms with E-state index in [1.165, 1.54) is 11.8 Å². The van der Waals surface area contributed by atoms with Crippen molar-refractivity contribution in [3.8, 4) is 0 Å². The van der Waals surface area contributed by atoms with Crippen molar-refractivity contribution in [1.82, 2.24) is 0 Å². The van der Waals surface area contributed by atoms with Gasteiger partial charge in [0.2, 0.25) is 0 Å². The Morgan fingerprint density at radius 3 is 3.00 bits per heavy atom. The van der Waals surface area contributed by atoms with Crippen molar-refractivity contribution in [2.75, 3.05) is 11.1 Å². The van der Waals surface area contributed by atoms with E-state index in [0.29, 0.717) is 16.0 Å². The number of thioether (sulfide) groups is 1. The van der Waals surface area contributed by atoms with Gasteiger partial charge in [-0.25, -0.2) is 0 Å². The maximum absolute atomic E-state index is 11.0. The number of nitro groups is 1. The van der Waals surface area contributed by atoms with Gasteiger partial charge in [0.05, 0.1) is 4.92 Å². The second-order valence-corrected chi connectivity index (χ2v) is 6.31. The quantitative estimate of drug-likeness (QED) is 0.675. The van der Waals surface area contributed by atoms with Crippen LogP contribution in [0.4, 0.5) is 11.4 Å². The molecule has 0 spiro atoms. The van der Waals surface area contributed by atoms with Crippen molar-refractivity contribution < 1.29 is 4.92 Å². The Bertz CT molecular complexity index is 456. The van der Waals surface area contributed by atoms with Gasteiger partial charge in [-0.1, -0.05) is 18.5 Å². The van der Waals surface area contributed by atoms with E-state index in [1.807, 2.05) is 11.8 Å². The summed E-state index contributed by atoms with van der Waals surface area (Å²) in [6, 6.07) is 5.04. The van der Waals surface area contributed by atoms with E-state index in [2.05, 4.69) is 12.2 Å².